The minimum Gasteiger partial charge on any atom is -0.618 e. The second kappa shape index (κ2) is 8.75. The van der Waals surface area contributed by atoms with E-state index in [-0.39, 0.29) is 34.0 Å². The van der Waals surface area contributed by atoms with Crippen molar-refractivity contribution in [2.45, 2.75) is 13.0 Å². The van der Waals surface area contributed by atoms with E-state index in [1.165, 1.54) is 24.3 Å². The SMILES string of the molecule is O=[N+]([O-])c1ccc(COc2c[n+]([O-])c(-c3ccc(OC(F)(F)F)cc3)cc2[N+](=O)[O-])cc1. The molecule has 166 valence electrons. The van der Waals surface area contributed by atoms with Gasteiger partial charge in [0.2, 0.25) is 11.9 Å². The number of halogens is 3. The molecule has 1 aromatic heterocycles. The lowest BCUT2D eigenvalue weighted by atomic mass is 10.1. The number of aromatic nitrogens is 1. The molecule has 3 aromatic rings. The van der Waals surface area contributed by atoms with Crippen LogP contribution in [0, 0.1) is 25.4 Å². The Hall–Kier alpha value is -4.42. The van der Waals surface area contributed by atoms with Crippen LogP contribution in [-0.2, 0) is 6.61 Å². The van der Waals surface area contributed by atoms with E-state index in [0.29, 0.717) is 5.56 Å². The predicted octanol–water partition coefficient (Wildman–Crippen LogP) is 4.28. The van der Waals surface area contributed by atoms with Crippen molar-refractivity contribution in [3.8, 4) is 22.8 Å². The average Bonchev–Trinajstić information content (AvgIpc) is 2.72. The number of pyridine rings is 1. The van der Waals surface area contributed by atoms with Crippen molar-refractivity contribution in [3.63, 3.8) is 0 Å². The number of hydrogen-bond acceptors (Lipinski definition) is 7. The smallest absolute Gasteiger partial charge is 0.573 e. The van der Waals surface area contributed by atoms with Gasteiger partial charge in [0, 0.05) is 17.7 Å². The summed E-state index contributed by atoms with van der Waals surface area (Å²) in [5.74, 6) is -0.875. The van der Waals surface area contributed by atoms with Crippen molar-refractivity contribution in [2.75, 3.05) is 0 Å². The number of non-ortho nitro benzene ring substituents is 1. The van der Waals surface area contributed by atoms with Crippen LogP contribution in [-0.4, -0.2) is 16.2 Å². The van der Waals surface area contributed by atoms with Gasteiger partial charge in [-0.15, -0.1) is 13.2 Å². The lowest BCUT2D eigenvalue weighted by Gasteiger charge is -2.11. The van der Waals surface area contributed by atoms with Crippen LogP contribution < -0.4 is 14.2 Å². The molecule has 0 amide bonds. The summed E-state index contributed by atoms with van der Waals surface area (Å²) in [6, 6.07) is 10.4. The molecule has 0 unspecified atom stereocenters. The minimum atomic E-state index is -4.89. The van der Waals surface area contributed by atoms with Crippen LogP contribution in [0.5, 0.6) is 11.5 Å². The molecule has 0 atom stereocenters. The molecule has 13 heteroatoms. The molecule has 0 saturated heterocycles. The Labute approximate surface area is 176 Å². The van der Waals surface area contributed by atoms with Crippen molar-refractivity contribution in [1.29, 1.82) is 0 Å². The van der Waals surface area contributed by atoms with E-state index in [2.05, 4.69) is 4.74 Å². The Balaban J connectivity index is 1.84. The molecule has 32 heavy (non-hydrogen) atoms. The largest absolute Gasteiger partial charge is 0.618 e. The molecule has 0 bridgehead atoms. The third-order valence-electron chi connectivity index (χ3n) is 4.12. The summed E-state index contributed by atoms with van der Waals surface area (Å²) in [6.45, 7) is -0.207. The van der Waals surface area contributed by atoms with Crippen LogP contribution in [0.1, 0.15) is 5.56 Å². The molecule has 3 rings (SSSR count). The van der Waals surface area contributed by atoms with Gasteiger partial charge in [-0.3, -0.25) is 20.2 Å². The van der Waals surface area contributed by atoms with Gasteiger partial charge < -0.3 is 14.7 Å². The third-order valence-corrected chi connectivity index (χ3v) is 4.12. The maximum absolute atomic E-state index is 12.4. The maximum Gasteiger partial charge on any atom is 0.573 e. The van der Waals surface area contributed by atoms with Crippen molar-refractivity contribution in [1.82, 2.24) is 0 Å². The molecule has 0 aliphatic heterocycles. The number of nitro groups is 2. The van der Waals surface area contributed by atoms with E-state index in [1.807, 2.05) is 0 Å². The Morgan fingerprint density at radius 1 is 0.938 bits per heavy atom. The molecule has 0 aliphatic carbocycles. The van der Waals surface area contributed by atoms with Crippen LogP contribution in [0.3, 0.4) is 0 Å². The fourth-order valence-corrected chi connectivity index (χ4v) is 2.67. The molecule has 0 aliphatic rings. The van der Waals surface area contributed by atoms with E-state index in [9.17, 15) is 38.6 Å². The zero-order valence-electron chi connectivity index (χ0n) is 15.8. The highest BCUT2D eigenvalue weighted by molar-refractivity contribution is 5.62. The van der Waals surface area contributed by atoms with Crippen LogP contribution in [0.25, 0.3) is 11.3 Å². The first-order valence-electron chi connectivity index (χ1n) is 8.67. The summed E-state index contributed by atoms with van der Waals surface area (Å²) in [6.07, 6.45) is -4.07. The molecule has 1 heterocycles. The van der Waals surface area contributed by atoms with Gasteiger partial charge in [-0.05, 0) is 42.0 Å². The summed E-state index contributed by atoms with van der Waals surface area (Å²) < 4.78 is 46.2. The van der Waals surface area contributed by atoms with Crippen molar-refractivity contribution >= 4 is 11.4 Å². The highest BCUT2D eigenvalue weighted by Crippen LogP contribution is 2.31. The Kier molecular flexibility index (Phi) is 6.09. The number of ether oxygens (including phenoxy) is 2. The molecule has 0 radical (unpaired) electrons. The van der Waals surface area contributed by atoms with E-state index in [4.69, 9.17) is 4.74 Å². The van der Waals surface area contributed by atoms with E-state index in [1.54, 1.807) is 0 Å². The fourth-order valence-electron chi connectivity index (χ4n) is 2.67. The number of rotatable bonds is 7. The molecule has 0 N–H and O–H groups in total. The molecule has 0 fully saturated rings. The van der Waals surface area contributed by atoms with Crippen molar-refractivity contribution in [2.24, 2.45) is 0 Å². The molecule has 2 aromatic carbocycles. The van der Waals surface area contributed by atoms with Crippen molar-refractivity contribution < 1.29 is 37.2 Å². The Bertz CT molecular complexity index is 1150. The van der Waals surface area contributed by atoms with E-state index >= 15 is 0 Å². The number of nitrogens with zero attached hydrogens (tertiary/aromatic N) is 3. The lowest BCUT2D eigenvalue weighted by molar-refractivity contribution is -0.594. The average molecular weight is 451 g/mol. The topological polar surface area (TPSA) is 132 Å². The summed E-state index contributed by atoms with van der Waals surface area (Å²) in [7, 11) is 0. The molecular formula is C19H12F3N3O7. The highest BCUT2D eigenvalue weighted by Gasteiger charge is 2.31. The maximum atomic E-state index is 12.4. The number of alkyl halides is 3. The zero-order chi connectivity index (χ0) is 23.5. The Morgan fingerprint density at radius 3 is 2.09 bits per heavy atom. The monoisotopic (exact) mass is 451 g/mol. The summed E-state index contributed by atoms with van der Waals surface area (Å²) in [4.78, 5) is 20.8. The zero-order valence-corrected chi connectivity index (χ0v) is 15.8. The number of hydrogen-bond donors (Lipinski definition) is 0. The fraction of sp³-hybridized carbons (Fsp3) is 0.105. The van der Waals surface area contributed by atoms with E-state index in [0.717, 1.165) is 36.5 Å². The first kappa shape index (κ1) is 22.3. The summed E-state index contributed by atoms with van der Waals surface area (Å²) >= 11 is 0. The van der Waals surface area contributed by atoms with E-state index < -0.39 is 27.6 Å². The van der Waals surface area contributed by atoms with Gasteiger partial charge in [0.15, 0.2) is 0 Å². The van der Waals surface area contributed by atoms with Gasteiger partial charge in [-0.25, -0.2) is 0 Å². The van der Waals surface area contributed by atoms with Gasteiger partial charge in [-0.1, -0.05) is 0 Å². The van der Waals surface area contributed by atoms with Gasteiger partial charge in [0.05, 0.1) is 15.9 Å². The standard InChI is InChI=1S/C19H12F3N3O7/c20-19(21,22)32-15-7-3-13(4-8-15)16-9-17(25(29)30)18(10-23(16)26)31-11-12-1-5-14(6-2-12)24(27)28/h1-10H,11H2. The molecule has 0 saturated carbocycles. The van der Waals surface area contributed by atoms with Crippen LogP contribution >= 0.6 is 0 Å². The van der Waals surface area contributed by atoms with Crippen LogP contribution in [0.2, 0.25) is 0 Å². The predicted molar refractivity (Wildman–Crippen MR) is 102 cm³/mol. The quantitative estimate of drug-likeness (QED) is 0.227. The molecular weight excluding hydrogens is 439 g/mol. The minimum absolute atomic E-state index is 0.111. The number of nitro benzene ring substituents is 1. The number of benzene rings is 2. The highest BCUT2D eigenvalue weighted by atomic mass is 19.4. The first-order valence-corrected chi connectivity index (χ1v) is 8.67. The third kappa shape index (κ3) is 5.38. The van der Waals surface area contributed by atoms with Crippen LogP contribution in [0.15, 0.2) is 60.8 Å². The van der Waals surface area contributed by atoms with Crippen LogP contribution in [0.4, 0.5) is 24.5 Å². The summed E-state index contributed by atoms with van der Waals surface area (Å²) in [5.41, 5.74) is -0.318. The second-order valence-electron chi connectivity index (χ2n) is 6.28. The normalized spacial score (nSPS) is 11.1. The van der Waals surface area contributed by atoms with Gasteiger partial charge in [-0.2, -0.15) is 4.73 Å². The lowest BCUT2D eigenvalue weighted by Crippen LogP contribution is -2.29. The van der Waals surface area contributed by atoms with Gasteiger partial charge in [0.1, 0.15) is 12.4 Å². The second-order valence-corrected chi connectivity index (χ2v) is 6.28. The summed E-state index contributed by atoms with van der Waals surface area (Å²) in [5, 5.41) is 34.5. The molecule has 10 nitrogen and oxygen atoms in total. The molecule has 0 spiro atoms. The van der Waals surface area contributed by atoms with Gasteiger partial charge >= 0.3 is 12.0 Å². The first-order chi connectivity index (χ1) is 15.0. The van der Waals surface area contributed by atoms with Crippen molar-refractivity contribution in [3.05, 3.63) is 91.8 Å². The van der Waals surface area contributed by atoms with Gasteiger partial charge in [0.25, 0.3) is 11.4 Å². The Morgan fingerprint density at radius 2 is 1.56 bits per heavy atom.